The number of anilines is 2. The summed E-state index contributed by atoms with van der Waals surface area (Å²) in [5.74, 6) is 0.788. The summed E-state index contributed by atoms with van der Waals surface area (Å²) >= 11 is 0. The zero-order chi connectivity index (χ0) is 13.9. The fourth-order valence-corrected chi connectivity index (χ4v) is 3.50. The molecule has 2 fully saturated rings. The molecule has 2 saturated heterocycles. The Morgan fingerprint density at radius 3 is 3.10 bits per heavy atom. The zero-order valence-corrected chi connectivity index (χ0v) is 12.3. The van der Waals surface area contributed by atoms with Crippen LogP contribution >= 0.6 is 0 Å². The van der Waals surface area contributed by atoms with Gasteiger partial charge in [-0.3, -0.25) is 0 Å². The van der Waals surface area contributed by atoms with Gasteiger partial charge in [0.05, 0.1) is 12.3 Å². The molecule has 2 aliphatic heterocycles. The Morgan fingerprint density at radius 1 is 1.35 bits per heavy atom. The maximum atomic E-state index is 5.92. The first-order chi connectivity index (χ1) is 9.76. The predicted molar refractivity (Wildman–Crippen MR) is 83.3 cm³/mol. The average molecular weight is 275 g/mol. The van der Waals surface area contributed by atoms with Gasteiger partial charge in [-0.1, -0.05) is 0 Å². The number of fused-ring (bicyclic) bond motifs is 1. The Labute approximate surface area is 121 Å². The molecule has 4 heteroatoms. The van der Waals surface area contributed by atoms with E-state index in [4.69, 9.17) is 10.5 Å². The standard InChI is InChI=1S/C16H25N3O/c1-2-20-16-11-12(5-6-15(16)17)18-13-7-9-19-8-3-4-14(19)10-13/h5-6,11,13-14,18H,2-4,7-10,17H2,1H3. The second-order valence-corrected chi connectivity index (χ2v) is 5.88. The number of piperidine rings is 1. The summed E-state index contributed by atoms with van der Waals surface area (Å²) in [7, 11) is 0. The number of benzene rings is 1. The maximum absolute atomic E-state index is 5.92. The lowest BCUT2D eigenvalue weighted by Crippen LogP contribution is -2.42. The van der Waals surface area contributed by atoms with E-state index >= 15 is 0 Å². The third-order valence-electron chi connectivity index (χ3n) is 4.50. The molecule has 0 radical (unpaired) electrons. The van der Waals surface area contributed by atoms with E-state index in [-0.39, 0.29) is 0 Å². The van der Waals surface area contributed by atoms with Gasteiger partial charge in [-0.15, -0.1) is 0 Å². The highest BCUT2D eigenvalue weighted by Crippen LogP contribution is 2.30. The SMILES string of the molecule is CCOc1cc(NC2CCN3CCCC3C2)ccc1N. The molecular formula is C16H25N3O. The van der Waals surface area contributed by atoms with E-state index in [1.165, 1.54) is 38.8 Å². The van der Waals surface area contributed by atoms with Crippen LogP contribution in [0.5, 0.6) is 5.75 Å². The molecule has 0 amide bonds. The van der Waals surface area contributed by atoms with Gasteiger partial charge in [0.25, 0.3) is 0 Å². The molecule has 0 saturated carbocycles. The highest BCUT2D eigenvalue weighted by molar-refractivity contribution is 5.61. The number of nitrogens with two attached hydrogens (primary N) is 1. The van der Waals surface area contributed by atoms with E-state index in [0.717, 1.165) is 17.5 Å². The summed E-state index contributed by atoms with van der Waals surface area (Å²) in [4.78, 5) is 2.65. The van der Waals surface area contributed by atoms with Gasteiger partial charge in [0.2, 0.25) is 0 Å². The second-order valence-electron chi connectivity index (χ2n) is 5.88. The van der Waals surface area contributed by atoms with E-state index in [1.54, 1.807) is 0 Å². The van der Waals surface area contributed by atoms with Crippen molar-refractivity contribution in [3.05, 3.63) is 18.2 Å². The maximum Gasteiger partial charge on any atom is 0.144 e. The Morgan fingerprint density at radius 2 is 2.25 bits per heavy atom. The molecule has 20 heavy (non-hydrogen) atoms. The van der Waals surface area contributed by atoms with Crippen molar-refractivity contribution in [3.8, 4) is 5.75 Å². The van der Waals surface area contributed by atoms with Crippen LogP contribution in [0.4, 0.5) is 11.4 Å². The smallest absolute Gasteiger partial charge is 0.144 e. The minimum absolute atomic E-state index is 0.576. The minimum atomic E-state index is 0.576. The summed E-state index contributed by atoms with van der Waals surface area (Å²) in [5.41, 5.74) is 7.75. The van der Waals surface area contributed by atoms with Crippen molar-refractivity contribution in [2.45, 2.75) is 44.7 Å². The first-order valence-corrected chi connectivity index (χ1v) is 7.79. The van der Waals surface area contributed by atoms with Crippen molar-refractivity contribution in [1.82, 2.24) is 4.90 Å². The topological polar surface area (TPSA) is 50.5 Å². The van der Waals surface area contributed by atoms with Crippen LogP contribution in [-0.2, 0) is 0 Å². The summed E-state index contributed by atoms with van der Waals surface area (Å²) in [6.07, 6.45) is 5.22. The van der Waals surface area contributed by atoms with Crippen molar-refractivity contribution in [3.63, 3.8) is 0 Å². The fraction of sp³-hybridized carbons (Fsp3) is 0.625. The Hall–Kier alpha value is -1.42. The molecule has 110 valence electrons. The van der Waals surface area contributed by atoms with Gasteiger partial charge in [-0.2, -0.15) is 0 Å². The van der Waals surface area contributed by atoms with Crippen molar-refractivity contribution in [2.75, 3.05) is 30.7 Å². The molecule has 0 bridgehead atoms. The normalized spacial score (nSPS) is 26.2. The number of nitrogens with zero attached hydrogens (tertiary/aromatic N) is 1. The third-order valence-corrected chi connectivity index (χ3v) is 4.50. The Kier molecular flexibility index (Phi) is 4.01. The molecular weight excluding hydrogens is 250 g/mol. The molecule has 0 aliphatic carbocycles. The number of nitrogens with one attached hydrogen (secondary N) is 1. The fourth-order valence-electron chi connectivity index (χ4n) is 3.50. The van der Waals surface area contributed by atoms with Crippen LogP contribution in [0.25, 0.3) is 0 Å². The van der Waals surface area contributed by atoms with Gasteiger partial charge in [0.1, 0.15) is 5.75 Å². The number of nitrogen functional groups attached to an aromatic ring is 1. The van der Waals surface area contributed by atoms with Crippen LogP contribution in [0.3, 0.4) is 0 Å². The monoisotopic (exact) mass is 275 g/mol. The van der Waals surface area contributed by atoms with Crippen LogP contribution in [0, 0.1) is 0 Å². The molecule has 3 rings (SSSR count). The van der Waals surface area contributed by atoms with E-state index in [0.29, 0.717) is 18.3 Å². The summed E-state index contributed by atoms with van der Waals surface area (Å²) < 4.78 is 5.56. The van der Waals surface area contributed by atoms with Crippen LogP contribution in [0.1, 0.15) is 32.6 Å². The third kappa shape index (κ3) is 2.85. The van der Waals surface area contributed by atoms with Crippen LogP contribution in [0.2, 0.25) is 0 Å². The number of ether oxygens (including phenoxy) is 1. The van der Waals surface area contributed by atoms with E-state index in [2.05, 4.69) is 16.3 Å². The number of hydrogen-bond acceptors (Lipinski definition) is 4. The number of rotatable bonds is 4. The lowest BCUT2D eigenvalue weighted by atomic mass is 9.97. The molecule has 2 heterocycles. The molecule has 2 aliphatic rings. The average Bonchev–Trinajstić information content (AvgIpc) is 2.90. The highest BCUT2D eigenvalue weighted by Gasteiger charge is 2.31. The molecule has 3 N–H and O–H groups in total. The van der Waals surface area contributed by atoms with Crippen LogP contribution in [-0.4, -0.2) is 36.7 Å². The molecule has 0 spiro atoms. The van der Waals surface area contributed by atoms with Crippen molar-refractivity contribution >= 4 is 11.4 Å². The summed E-state index contributed by atoms with van der Waals surface area (Å²) in [6.45, 7) is 5.16. The molecule has 1 aromatic rings. The van der Waals surface area contributed by atoms with Gasteiger partial charge in [-0.05, 0) is 51.3 Å². The Balaban J connectivity index is 1.64. The molecule has 0 aromatic heterocycles. The number of hydrogen-bond donors (Lipinski definition) is 2. The molecule has 2 atom stereocenters. The minimum Gasteiger partial charge on any atom is -0.492 e. The van der Waals surface area contributed by atoms with Crippen molar-refractivity contribution < 1.29 is 4.74 Å². The van der Waals surface area contributed by atoms with Crippen molar-refractivity contribution in [2.24, 2.45) is 0 Å². The molecule has 4 nitrogen and oxygen atoms in total. The highest BCUT2D eigenvalue weighted by atomic mass is 16.5. The van der Waals surface area contributed by atoms with Gasteiger partial charge in [0.15, 0.2) is 0 Å². The first kappa shape index (κ1) is 13.6. The quantitative estimate of drug-likeness (QED) is 0.830. The summed E-state index contributed by atoms with van der Waals surface area (Å²) in [6, 6.07) is 7.38. The lowest BCUT2D eigenvalue weighted by molar-refractivity contribution is 0.188. The largest absolute Gasteiger partial charge is 0.492 e. The predicted octanol–water partition coefficient (Wildman–Crippen LogP) is 2.71. The van der Waals surface area contributed by atoms with Crippen molar-refractivity contribution in [1.29, 1.82) is 0 Å². The molecule has 1 aromatic carbocycles. The zero-order valence-electron chi connectivity index (χ0n) is 12.3. The second kappa shape index (κ2) is 5.92. The van der Waals surface area contributed by atoms with E-state index < -0.39 is 0 Å². The van der Waals surface area contributed by atoms with Crippen LogP contribution < -0.4 is 15.8 Å². The van der Waals surface area contributed by atoms with Crippen LogP contribution in [0.15, 0.2) is 18.2 Å². The van der Waals surface area contributed by atoms with E-state index in [9.17, 15) is 0 Å². The molecule has 2 unspecified atom stereocenters. The van der Waals surface area contributed by atoms with Gasteiger partial charge in [-0.25, -0.2) is 0 Å². The summed E-state index contributed by atoms with van der Waals surface area (Å²) in [5, 5.41) is 3.66. The van der Waals surface area contributed by atoms with Gasteiger partial charge < -0.3 is 20.7 Å². The van der Waals surface area contributed by atoms with E-state index in [1.807, 2.05) is 19.1 Å². The van der Waals surface area contributed by atoms with Gasteiger partial charge >= 0.3 is 0 Å². The van der Waals surface area contributed by atoms with Gasteiger partial charge in [0, 0.05) is 30.4 Å². The Bertz CT molecular complexity index is 463. The lowest BCUT2D eigenvalue weighted by Gasteiger charge is -2.35. The first-order valence-electron chi connectivity index (χ1n) is 7.79.